The lowest BCUT2D eigenvalue weighted by Gasteiger charge is -2.13. The van der Waals surface area contributed by atoms with Crippen LogP contribution in [-0.2, 0) is 34.0 Å². The maximum absolute atomic E-state index is 13.1. The summed E-state index contributed by atoms with van der Waals surface area (Å²) in [5, 5.41) is 13.7. The van der Waals surface area contributed by atoms with Crippen molar-refractivity contribution in [3.8, 4) is 11.4 Å². The van der Waals surface area contributed by atoms with Crippen molar-refractivity contribution in [2.45, 2.75) is 57.8 Å². The molecule has 0 aliphatic heterocycles. The summed E-state index contributed by atoms with van der Waals surface area (Å²) < 4.78 is 34.8. The molecule has 0 fully saturated rings. The molecular weight excluding hydrogens is 458 g/mol. The van der Waals surface area contributed by atoms with Gasteiger partial charge in [0, 0.05) is 31.7 Å². The summed E-state index contributed by atoms with van der Waals surface area (Å²) in [5.41, 5.74) is 2.16. The molecule has 0 amide bonds. The minimum atomic E-state index is -3.84. The Hall–Kier alpha value is -2.60. The number of rotatable bonds is 13. The number of H-pyrrole nitrogens is 1. The largest absolute Gasteiger partial charge is 0.395 e. The SMILES string of the molecule is CCCc1nc(CC)c2c(=O)[nH]c(-c3cc(S(=O)(=O)NCCO)ccc3CCCOCC)nn12. The van der Waals surface area contributed by atoms with E-state index in [1.807, 2.05) is 20.8 Å². The predicted octanol–water partition coefficient (Wildman–Crippen LogP) is 1.84. The van der Waals surface area contributed by atoms with Crippen molar-refractivity contribution in [2.75, 3.05) is 26.4 Å². The van der Waals surface area contributed by atoms with Crippen molar-refractivity contribution in [3.05, 3.63) is 45.6 Å². The number of fused-ring (bicyclic) bond motifs is 1. The van der Waals surface area contributed by atoms with Gasteiger partial charge in [-0.05, 0) is 50.3 Å². The minimum absolute atomic E-state index is 0.0286. The van der Waals surface area contributed by atoms with Crippen molar-refractivity contribution in [1.82, 2.24) is 24.3 Å². The van der Waals surface area contributed by atoms with E-state index in [-0.39, 0.29) is 29.4 Å². The Bertz CT molecular complexity index is 1280. The number of aromatic amines is 1. The number of aliphatic hydroxyl groups is 1. The van der Waals surface area contributed by atoms with Gasteiger partial charge in [-0.1, -0.05) is 19.9 Å². The Morgan fingerprint density at radius 3 is 2.68 bits per heavy atom. The van der Waals surface area contributed by atoms with E-state index in [0.717, 1.165) is 18.4 Å². The lowest BCUT2D eigenvalue weighted by molar-refractivity contribution is 0.145. The van der Waals surface area contributed by atoms with E-state index in [4.69, 9.17) is 14.9 Å². The van der Waals surface area contributed by atoms with Gasteiger partial charge >= 0.3 is 0 Å². The van der Waals surface area contributed by atoms with Crippen LogP contribution in [0.1, 0.15) is 50.7 Å². The van der Waals surface area contributed by atoms with Crippen LogP contribution in [0.5, 0.6) is 0 Å². The van der Waals surface area contributed by atoms with Crippen LogP contribution in [0.4, 0.5) is 0 Å². The number of ether oxygens (including phenoxy) is 1. The van der Waals surface area contributed by atoms with Crippen LogP contribution in [0.3, 0.4) is 0 Å². The maximum atomic E-state index is 13.1. The van der Waals surface area contributed by atoms with Crippen LogP contribution in [-0.4, -0.2) is 59.5 Å². The molecule has 0 saturated heterocycles. The molecule has 0 radical (unpaired) electrons. The zero-order valence-electron chi connectivity index (χ0n) is 19.9. The summed E-state index contributed by atoms with van der Waals surface area (Å²) in [6, 6.07) is 4.76. The van der Waals surface area contributed by atoms with Crippen LogP contribution >= 0.6 is 0 Å². The normalized spacial score (nSPS) is 12.0. The van der Waals surface area contributed by atoms with Crippen molar-refractivity contribution < 1.29 is 18.3 Å². The number of hydrogen-bond donors (Lipinski definition) is 3. The number of aryl methyl sites for hydroxylation is 3. The molecule has 11 heteroatoms. The lowest BCUT2D eigenvalue weighted by atomic mass is 10.0. The molecule has 186 valence electrons. The van der Waals surface area contributed by atoms with Crippen molar-refractivity contribution >= 4 is 15.5 Å². The Morgan fingerprint density at radius 1 is 1.21 bits per heavy atom. The maximum Gasteiger partial charge on any atom is 0.277 e. The molecule has 1 aromatic carbocycles. The molecule has 0 unspecified atom stereocenters. The standard InChI is InChI=1S/C23H33N5O5S/c1-4-8-20-25-19(5-2)21-23(30)26-22(27-28(20)21)18-15-17(34(31,32)24-12-13-29)11-10-16(18)9-7-14-33-6-3/h10-11,15,24,29H,4-9,12-14H2,1-3H3,(H,26,27,30). The first-order chi connectivity index (χ1) is 16.4. The Morgan fingerprint density at radius 2 is 2.00 bits per heavy atom. The highest BCUT2D eigenvalue weighted by molar-refractivity contribution is 7.89. The fraction of sp³-hybridized carbons (Fsp3) is 0.522. The smallest absolute Gasteiger partial charge is 0.277 e. The monoisotopic (exact) mass is 491 g/mol. The Balaban J connectivity index is 2.17. The molecule has 3 N–H and O–H groups in total. The van der Waals surface area contributed by atoms with E-state index in [2.05, 4.69) is 14.7 Å². The molecule has 2 heterocycles. The average Bonchev–Trinajstić information content (AvgIpc) is 3.19. The van der Waals surface area contributed by atoms with E-state index in [1.54, 1.807) is 10.6 Å². The molecule has 2 aromatic heterocycles. The summed E-state index contributed by atoms with van der Waals surface area (Å²) in [7, 11) is -3.84. The number of nitrogens with zero attached hydrogens (tertiary/aromatic N) is 3. The first kappa shape index (κ1) is 26.0. The molecule has 3 rings (SSSR count). The molecule has 0 saturated carbocycles. The topological polar surface area (TPSA) is 139 Å². The van der Waals surface area contributed by atoms with E-state index in [9.17, 15) is 13.2 Å². The van der Waals surface area contributed by atoms with Crippen LogP contribution in [0.25, 0.3) is 16.9 Å². The number of hydrogen-bond acceptors (Lipinski definition) is 7. The van der Waals surface area contributed by atoms with Crippen LogP contribution < -0.4 is 10.3 Å². The third-order valence-electron chi connectivity index (χ3n) is 5.44. The van der Waals surface area contributed by atoms with Crippen LogP contribution in [0, 0.1) is 0 Å². The molecule has 34 heavy (non-hydrogen) atoms. The van der Waals surface area contributed by atoms with Gasteiger partial charge in [-0.25, -0.2) is 22.6 Å². The van der Waals surface area contributed by atoms with Gasteiger partial charge in [0.25, 0.3) is 5.56 Å². The second kappa shape index (κ2) is 11.7. The molecule has 0 aliphatic rings. The van der Waals surface area contributed by atoms with Gasteiger partial charge in [-0.15, -0.1) is 5.10 Å². The van der Waals surface area contributed by atoms with E-state index >= 15 is 0 Å². The number of sulfonamides is 1. The van der Waals surface area contributed by atoms with Crippen molar-refractivity contribution in [3.63, 3.8) is 0 Å². The number of nitrogens with one attached hydrogen (secondary N) is 2. The Labute approximate surface area is 199 Å². The second-order valence-corrected chi connectivity index (χ2v) is 9.65. The van der Waals surface area contributed by atoms with Gasteiger partial charge in [-0.3, -0.25) is 4.79 Å². The third kappa shape index (κ3) is 5.72. The zero-order valence-corrected chi connectivity index (χ0v) is 20.7. The molecule has 10 nitrogen and oxygen atoms in total. The fourth-order valence-electron chi connectivity index (χ4n) is 3.82. The summed E-state index contributed by atoms with van der Waals surface area (Å²) in [5.74, 6) is 0.980. The van der Waals surface area contributed by atoms with Gasteiger partial charge in [0.2, 0.25) is 10.0 Å². The minimum Gasteiger partial charge on any atom is -0.395 e. The molecular formula is C23H33N5O5S. The molecule has 3 aromatic rings. The van der Waals surface area contributed by atoms with Gasteiger partial charge in [0.1, 0.15) is 5.82 Å². The van der Waals surface area contributed by atoms with Gasteiger partial charge < -0.3 is 14.8 Å². The lowest BCUT2D eigenvalue weighted by Crippen LogP contribution is -2.26. The van der Waals surface area contributed by atoms with Gasteiger partial charge in [-0.2, -0.15) is 0 Å². The van der Waals surface area contributed by atoms with Crippen LogP contribution in [0.2, 0.25) is 0 Å². The van der Waals surface area contributed by atoms with Gasteiger partial charge in [0.15, 0.2) is 11.3 Å². The first-order valence-corrected chi connectivity index (χ1v) is 13.2. The summed E-state index contributed by atoms with van der Waals surface area (Å²) in [4.78, 5) is 20.6. The molecule has 0 spiro atoms. The highest BCUT2D eigenvalue weighted by Gasteiger charge is 2.20. The number of aromatic nitrogens is 4. The van der Waals surface area contributed by atoms with Crippen LogP contribution in [0.15, 0.2) is 27.9 Å². The molecule has 0 aliphatic carbocycles. The van der Waals surface area contributed by atoms with E-state index < -0.39 is 10.0 Å². The van der Waals surface area contributed by atoms with Gasteiger partial charge in [0.05, 0.1) is 17.2 Å². The zero-order chi connectivity index (χ0) is 24.7. The van der Waals surface area contributed by atoms with Crippen molar-refractivity contribution in [1.29, 1.82) is 0 Å². The van der Waals surface area contributed by atoms with E-state index in [0.29, 0.717) is 55.1 Å². The number of imidazole rings is 1. The highest BCUT2D eigenvalue weighted by Crippen LogP contribution is 2.26. The summed E-state index contributed by atoms with van der Waals surface area (Å²) in [6.45, 7) is 6.68. The number of benzene rings is 1. The second-order valence-electron chi connectivity index (χ2n) is 7.88. The summed E-state index contributed by atoms with van der Waals surface area (Å²) >= 11 is 0. The molecule has 0 atom stereocenters. The van der Waals surface area contributed by atoms with Crippen molar-refractivity contribution in [2.24, 2.45) is 0 Å². The quantitative estimate of drug-likeness (QED) is 0.310. The first-order valence-electron chi connectivity index (χ1n) is 11.7. The number of aliphatic hydroxyl groups excluding tert-OH is 1. The Kier molecular flexibility index (Phi) is 8.95. The highest BCUT2D eigenvalue weighted by atomic mass is 32.2. The molecule has 0 bridgehead atoms. The van der Waals surface area contributed by atoms with E-state index in [1.165, 1.54) is 12.1 Å². The predicted molar refractivity (Wildman–Crippen MR) is 130 cm³/mol. The average molecular weight is 492 g/mol. The fourth-order valence-corrected chi connectivity index (χ4v) is 4.87. The third-order valence-corrected chi connectivity index (χ3v) is 6.90. The summed E-state index contributed by atoms with van der Waals surface area (Å²) in [6.07, 6.45) is 3.46.